The summed E-state index contributed by atoms with van der Waals surface area (Å²) >= 11 is 0. The molecule has 0 bridgehead atoms. The highest BCUT2D eigenvalue weighted by atomic mass is 19.4. The number of hydrogen-bond acceptors (Lipinski definition) is 2. The lowest BCUT2D eigenvalue weighted by Gasteiger charge is -2.22. The number of alkyl halides is 7. The molecule has 0 N–H and O–H groups in total. The van der Waals surface area contributed by atoms with Gasteiger partial charge in [-0.25, -0.2) is 4.39 Å². The number of rotatable bonds is 1. The predicted molar refractivity (Wildman–Crippen MR) is 27.7 cm³/mol. The van der Waals surface area contributed by atoms with Gasteiger partial charge in [0.1, 0.15) is 0 Å². The maximum Gasteiger partial charge on any atom is 0.402 e. The fourth-order valence-electron chi connectivity index (χ4n) is 0.980. The van der Waals surface area contributed by atoms with Gasteiger partial charge in [-0.3, -0.25) is 4.79 Å². The van der Waals surface area contributed by atoms with Crippen LogP contribution in [0.25, 0.3) is 0 Å². The third kappa shape index (κ3) is 0.950. The van der Waals surface area contributed by atoms with E-state index in [2.05, 4.69) is 0 Å². The van der Waals surface area contributed by atoms with Crippen molar-refractivity contribution in [3.8, 4) is 0 Å². The van der Waals surface area contributed by atoms with E-state index in [0.717, 1.165) is 0 Å². The van der Waals surface area contributed by atoms with Crippen molar-refractivity contribution in [1.29, 1.82) is 0 Å². The summed E-state index contributed by atoms with van der Waals surface area (Å²) in [7, 11) is 0. The zero-order chi connectivity index (χ0) is 12.3. The fourth-order valence-corrected chi connectivity index (χ4v) is 0.980. The Morgan fingerprint density at radius 3 is 1.40 bits per heavy atom. The molecule has 10 heteroatoms. The van der Waals surface area contributed by atoms with Gasteiger partial charge in [0.05, 0.1) is 0 Å². The summed E-state index contributed by atoms with van der Waals surface area (Å²) in [5.74, 6) is -17.9. The van der Waals surface area contributed by atoms with Crippen LogP contribution in [-0.2, 0) is 4.79 Å². The molecule has 0 aromatic rings. The number of carbonyl (C=O) groups excluding carboxylic acids is 1. The maximum absolute atomic E-state index is 12.7. The quantitative estimate of drug-likeness (QED) is 0.303. The van der Waals surface area contributed by atoms with E-state index in [1.807, 2.05) is 0 Å². The van der Waals surface area contributed by atoms with E-state index in [4.69, 9.17) is 0 Å². The molecule has 1 aliphatic heterocycles. The summed E-state index contributed by atoms with van der Waals surface area (Å²) in [5, 5.41) is -2.77. The number of nitrogens with zero attached hydrogens (tertiary/aromatic N) is 1. The number of aldehydes is 1. The smallest absolute Gasteiger partial charge is 0.298 e. The second-order valence-corrected chi connectivity index (χ2v) is 2.76. The number of halogens is 8. The summed E-state index contributed by atoms with van der Waals surface area (Å²) in [6.07, 6.45) is -1.64. The first-order valence-corrected chi connectivity index (χ1v) is 3.21. The van der Waals surface area contributed by atoms with Crippen LogP contribution in [0.5, 0.6) is 0 Å². The molecule has 1 aliphatic rings. The Labute approximate surface area is 76.4 Å². The van der Waals surface area contributed by atoms with Gasteiger partial charge in [0.15, 0.2) is 6.29 Å². The average molecular weight is 243 g/mol. The molecule has 0 aromatic carbocycles. The number of hydrogen-bond donors (Lipinski definition) is 0. The third-order valence-corrected chi connectivity index (χ3v) is 1.90. The maximum atomic E-state index is 12.7. The van der Waals surface area contributed by atoms with Crippen LogP contribution in [0, 0.1) is 0 Å². The Morgan fingerprint density at radius 1 is 0.867 bits per heavy atom. The average Bonchev–Trinajstić information content (AvgIpc) is 2.18. The first-order valence-electron chi connectivity index (χ1n) is 3.21. The Kier molecular flexibility index (Phi) is 2.10. The van der Waals surface area contributed by atoms with Crippen molar-refractivity contribution in [2.24, 2.45) is 0 Å². The van der Waals surface area contributed by atoms with Crippen molar-refractivity contribution in [2.45, 2.75) is 23.7 Å². The van der Waals surface area contributed by atoms with Crippen LogP contribution >= 0.6 is 0 Å². The van der Waals surface area contributed by atoms with Gasteiger partial charge in [0, 0.05) is 0 Å². The van der Waals surface area contributed by atoms with Crippen LogP contribution in [0.3, 0.4) is 0 Å². The molecule has 0 radical (unpaired) electrons. The van der Waals surface area contributed by atoms with Crippen LogP contribution in [0.1, 0.15) is 0 Å². The minimum absolute atomic E-state index is 1.64. The summed E-state index contributed by atoms with van der Waals surface area (Å²) in [6.45, 7) is 0. The first kappa shape index (κ1) is 12.1. The molecule has 0 amide bonds. The molecular weight excluding hydrogens is 242 g/mol. The van der Waals surface area contributed by atoms with Crippen molar-refractivity contribution >= 4 is 6.29 Å². The molecule has 0 unspecified atom stereocenters. The van der Waals surface area contributed by atoms with Crippen molar-refractivity contribution < 1.29 is 40.0 Å². The molecule has 15 heavy (non-hydrogen) atoms. The highest BCUT2D eigenvalue weighted by molar-refractivity contribution is 5.65. The van der Waals surface area contributed by atoms with Gasteiger partial charge in [-0.15, -0.1) is 4.48 Å². The van der Waals surface area contributed by atoms with Crippen LogP contribution in [0.15, 0.2) is 0 Å². The van der Waals surface area contributed by atoms with Gasteiger partial charge in [-0.2, -0.15) is 26.3 Å². The van der Waals surface area contributed by atoms with Gasteiger partial charge < -0.3 is 0 Å². The van der Waals surface area contributed by atoms with Crippen LogP contribution in [-0.4, -0.2) is 35.1 Å². The van der Waals surface area contributed by atoms with E-state index >= 15 is 0 Å². The second kappa shape index (κ2) is 2.60. The lowest BCUT2D eigenvalue weighted by Crippen LogP contribution is -2.53. The van der Waals surface area contributed by atoms with Crippen molar-refractivity contribution in [3.05, 3.63) is 0 Å². The van der Waals surface area contributed by atoms with Gasteiger partial charge in [-0.05, 0) is 5.12 Å². The Hall–Kier alpha value is -0.930. The van der Waals surface area contributed by atoms with Gasteiger partial charge in [-0.1, -0.05) is 0 Å². The molecule has 1 atom stereocenters. The van der Waals surface area contributed by atoms with Crippen LogP contribution in [0.4, 0.5) is 35.2 Å². The zero-order valence-corrected chi connectivity index (χ0v) is 6.46. The molecule has 0 aliphatic carbocycles. The minimum Gasteiger partial charge on any atom is -0.298 e. The van der Waals surface area contributed by atoms with Gasteiger partial charge in [0.2, 0.25) is 0 Å². The second-order valence-electron chi connectivity index (χ2n) is 2.76. The summed E-state index contributed by atoms with van der Waals surface area (Å²) in [6, 6.07) is -6.10. The highest BCUT2D eigenvalue weighted by Gasteiger charge is 2.93. The molecule has 2 nitrogen and oxygen atoms in total. The van der Waals surface area contributed by atoms with Crippen molar-refractivity contribution in [1.82, 2.24) is 5.12 Å². The fraction of sp³-hybridized carbons (Fsp3) is 0.800. The molecule has 1 rings (SSSR count). The monoisotopic (exact) mass is 243 g/mol. The normalized spacial score (nSPS) is 37.9. The summed E-state index contributed by atoms with van der Waals surface area (Å²) in [5.41, 5.74) is 0. The van der Waals surface area contributed by atoms with E-state index in [1.165, 1.54) is 0 Å². The molecule has 0 aromatic heterocycles. The van der Waals surface area contributed by atoms with E-state index in [0.29, 0.717) is 0 Å². The topological polar surface area (TPSA) is 20.3 Å². The molecule has 0 saturated carbocycles. The van der Waals surface area contributed by atoms with Crippen LogP contribution in [0.2, 0.25) is 0 Å². The minimum atomic E-state index is -6.33. The largest absolute Gasteiger partial charge is 0.402 e. The van der Waals surface area contributed by atoms with Gasteiger partial charge in [0.25, 0.3) is 0 Å². The first-order chi connectivity index (χ1) is 6.47. The predicted octanol–water partition coefficient (Wildman–Crippen LogP) is 1.91. The Bertz CT molecular complexity index is 303. The Morgan fingerprint density at radius 2 is 1.27 bits per heavy atom. The SMILES string of the molecule is O=C[C@@]1(F)N(F)C(F)(F)C(F)(F)C1(F)F. The van der Waals surface area contributed by atoms with E-state index in [-0.39, 0.29) is 0 Å². The summed E-state index contributed by atoms with van der Waals surface area (Å²) in [4.78, 5) is 9.73. The zero-order valence-electron chi connectivity index (χ0n) is 6.46. The molecule has 1 heterocycles. The lowest BCUT2D eigenvalue weighted by molar-refractivity contribution is -0.323. The van der Waals surface area contributed by atoms with Crippen molar-refractivity contribution in [3.63, 3.8) is 0 Å². The number of carbonyl (C=O) groups is 1. The third-order valence-electron chi connectivity index (χ3n) is 1.90. The standard InChI is InChI=1S/C5HF8NO/c6-2(1-15)3(7,8)4(9,10)5(11,12)14(2)13/h1H/t2-/m1/s1. The molecular formula is C5HF8NO. The van der Waals surface area contributed by atoms with Crippen molar-refractivity contribution in [2.75, 3.05) is 0 Å². The molecule has 0 spiro atoms. The highest BCUT2D eigenvalue weighted by Crippen LogP contribution is 2.61. The van der Waals surface area contributed by atoms with E-state index in [1.54, 1.807) is 0 Å². The molecule has 88 valence electrons. The lowest BCUT2D eigenvalue weighted by atomic mass is 10.1. The molecule has 1 saturated heterocycles. The van der Waals surface area contributed by atoms with Crippen LogP contribution < -0.4 is 0 Å². The summed E-state index contributed by atoms with van der Waals surface area (Å²) < 4.78 is 98.7. The van der Waals surface area contributed by atoms with Gasteiger partial charge >= 0.3 is 23.7 Å². The van der Waals surface area contributed by atoms with E-state index < -0.39 is 35.1 Å². The Balaban J connectivity index is 3.47. The van der Waals surface area contributed by atoms with E-state index in [9.17, 15) is 40.0 Å². The molecule has 1 fully saturated rings.